The molecule has 0 atom stereocenters. The van der Waals surface area contributed by atoms with E-state index in [-0.39, 0.29) is 23.1 Å². The van der Waals surface area contributed by atoms with Crippen LogP contribution < -0.4 is 19.3 Å². The predicted molar refractivity (Wildman–Crippen MR) is 152 cm³/mol. The zero-order valence-electron chi connectivity index (χ0n) is 20.9. The molecule has 194 valence electrons. The quantitative estimate of drug-likeness (QED) is 0.160. The third-order valence-corrected chi connectivity index (χ3v) is 6.43. The summed E-state index contributed by atoms with van der Waals surface area (Å²) in [5.41, 5.74) is 2.25. The average Bonchev–Trinajstić information content (AvgIpc) is 2.95. The van der Waals surface area contributed by atoms with Crippen molar-refractivity contribution in [3.8, 4) is 11.5 Å². The average molecular weight is 539 g/mol. The van der Waals surface area contributed by atoms with E-state index in [0.29, 0.717) is 34.0 Å². The number of rotatable bonds is 7. The van der Waals surface area contributed by atoms with Crippen molar-refractivity contribution in [3.05, 3.63) is 126 Å². The minimum atomic E-state index is -0.534. The lowest BCUT2D eigenvalue weighted by atomic mass is 10.0. The Morgan fingerprint density at radius 3 is 1.95 bits per heavy atom. The minimum absolute atomic E-state index is 0.0632. The molecule has 0 spiro atoms. The number of carbonyl (C=O) groups is 2. The molecule has 39 heavy (non-hydrogen) atoms. The monoisotopic (exact) mass is 538 g/mol. The highest BCUT2D eigenvalue weighted by Crippen LogP contribution is 2.33. The van der Waals surface area contributed by atoms with Crippen LogP contribution in [0.5, 0.6) is 11.5 Å². The van der Waals surface area contributed by atoms with Crippen molar-refractivity contribution in [1.29, 1.82) is 0 Å². The summed E-state index contributed by atoms with van der Waals surface area (Å²) >= 11 is 5.64. The second-order valence-electron chi connectivity index (χ2n) is 8.62. The van der Waals surface area contributed by atoms with Crippen molar-refractivity contribution in [3.63, 3.8) is 0 Å². The zero-order chi connectivity index (χ0) is 27.4. The first-order valence-electron chi connectivity index (χ1n) is 12.1. The molecule has 0 aromatic heterocycles. The van der Waals surface area contributed by atoms with E-state index in [1.54, 1.807) is 78.9 Å². The summed E-state index contributed by atoms with van der Waals surface area (Å²) in [6.45, 7) is 0.140. The number of thiocarbonyl (C=S) groups is 1. The van der Waals surface area contributed by atoms with Gasteiger partial charge in [0, 0.05) is 0 Å². The number of benzene rings is 4. The van der Waals surface area contributed by atoms with Crippen LogP contribution in [0.1, 0.15) is 11.1 Å². The van der Waals surface area contributed by atoms with Gasteiger partial charge in [-0.2, -0.15) is 0 Å². The normalized spacial score (nSPS) is 13.5. The minimum Gasteiger partial charge on any atom is -0.493 e. The molecule has 0 bridgehead atoms. The first-order valence-corrected chi connectivity index (χ1v) is 12.5. The smallest absolute Gasteiger partial charge is 0.270 e. The number of hydrogen-bond donors (Lipinski definition) is 0. The largest absolute Gasteiger partial charge is 0.493 e. The first kappa shape index (κ1) is 25.8. The summed E-state index contributed by atoms with van der Waals surface area (Å²) in [7, 11) is 1.49. The molecule has 0 saturated carbocycles. The first-order chi connectivity index (χ1) is 19.0. The highest BCUT2D eigenvalue weighted by Gasteiger charge is 2.41. The van der Waals surface area contributed by atoms with Gasteiger partial charge in [-0.3, -0.25) is 19.4 Å². The Labute approximate surface area is 230 Å². The van der Waals surface area contributed by atoms with E-state index in [4.69, 9.17) is 21.7 Å². The molecule has 0 radical (unpaired) electrons. The van der Waals surface area contributed by atoms with Crippen molar-refractivity contribution in [2.45, 2.75) is 6.61 Å². The molecule has 1 aliphatic heterocycles. The number of halogens is 1. The fourth-order valence-electron chi connectivity index (χ4n) is 4.19. The fraction of sp³-hybridized carbons (Fsp3) is 0.0645. The molecular weight excluding hydrogens is 515 g/mol. The standard InChI is InChI=1S/C31H23FN2O4S/c1-37-28-19-21(15-16-27(28)38-20-22-9-8-10-23(32)17-22)18-26-29(35)33(24-11-4-2-5-12-24)31(39)34(30(26)36)25-13-6-3-7-14-25/h2-19H,20H2,1H3. The van der Waals surface area contributed by atoms with Crippen LogP contribution in [0.25, 0.3) is 6.08 Å². The molecule has 0 unspecified atom stereocenters. The van der Waals surface area contributed by atoms with E-state index in [9.17, 15) is 14.0 Å². The molecule has 1 saturated heterocycles. The van der Waals surface area contributed by atoms with Gasteiger partial charge in [-0.15, -0.1) is 0 Å². The van der Waals surface area contributed by atoms with Crippen LogP contribution in [-0.4, -0.2) is 24.0 Å². The molecule has 6 nitrogen and oxygen atoms in total. The van der Waals surface area contributed by atoms with Gasteiger partial charge in [0.15, 0.2) is 16.6 Å². The molecule has 0 aliphatic carbocycles. The summed E-state index contributed by atoms with van der Waals surface area (Å²) in [4.78, 5) is 30.0. The van der Waals surface area contributed by atoms with E-state index in [1.165, 1.54) is 35.1 Å². The summed E-state index contributed by atoms with van der Waals surface area (Å²) in [6.07, 6.45) is 1.51. The molecule has 1 fully saturated rings. The Hall–Kier alpha value is -4.82. The number of hydrogen-bond acceptors (Lipinski definition) is 5. The summed E-state index contributed by atoms with van der Waals surface area (Å²) in [5.74, 6) is -0.585. The fourth-order valence-corrected chi connectivity index (χ4v) is 4.56. The van der Waals surface area contributed by atoms with Crippen LogP contribution in [0.2, 0.25) is 0 Å². The number of nitrogens with zero attached hydrogens (tertiary/aromatic N) is 2. The Bertz CT molecular complexity index is 1510. The molecule has 4 aromatic rings. The van der Waals surface area contributed by atoms with E-state index >= 15 is 0 Å². The maximum absolute atomic E-state index is 13.7. The second-order valence-corrected chi connectivity index (χ2v) is 8.99. The lowest BCUT2D eigenvalue weighted by molar-refractivity contribution is -0.120. The molecule has 8 heteroatoms. The van der Waals surface area contributed by atoms with Crippen LogP contribution in [0.4, 0.5) is 15.8 Å². The summed E-state index contributed by atoms with van der Waals surface area (Å²) in [5, 5.41) is 0.0678. The van der Waals surface area contributed by atoms with Gasteiger partial charge in [-0.05, 0) is 78.0 Å². The number of carbonyl (C=O) groups excluding carboxylic acids is 2. The highest BCUT2D eigenvalue weighted by atomic mass is 32.1. The van der Waals surface area contributed by atoms with E-state index in [1.807, 2.05) is 12.1 Å². The lowest BCUT2D eigenvalue weighted by Crippen LogP contribution is -2.56. The molecule has 5 rings (SSSR count). The molecule has 1 heterocycles. The van der Waals surface area contributed by atoms with Gasteiger partial charge in [0.05, 0.1) is 18.5 Å². The van der Waals surface area contributed by atoms with E-state index in [2.05, 4.69) is 0 Å². The number of anilines is 2. The van der Waals surface area contributed by atoms with Crippen LogP contribution in [0.15, 0.2) is 109 Å². The van der Waals surface area contributed by atoms with E-state index < -0.39 is 11.8 Å². The van der Waals surface area contributed by atoms with Crippen molar-refractivity contribution in [2.24, 2.45) is 0 Å². The molecule has 1 aliphatic rings. The maximum atomic E-state index is 13.7. The lowest BCUT2D eigenvalue weighted by Gasteiger charge is -2.36. The van der Waals surface area contributed by atoms with Crippen molar-refractivity contribution in [1.82, 2.24) is 0 Å². The van der Waals surface area contributed by atoms with Crippen LogP contribution in [0, 0.1) is 5.82 Å². The van der Waals surface area contributed by atoms with Crippen LogP contribution in [0.3, 0.4) is 0 Å². The number of ether oxygens (including phenoxy) is 2. The number of methoxy groups -OCH3 is 1. The number of para-hydroxylation sites is 2. The Morgan fingerprint density at radius 2 is 1.38 bits per heavy atom. The third-order valence-electron chi connectivity index (χ3n) is 6.06. The topological polar surface area (TPSA) is 59.1 Å². The van der Waals surface area contributed by atoms with Gasteiger partial charge in [0.25, 0.3) is 11.8 Å². The SMILES string of the molecule is COc1cc(C=C2C(=O)N(c3ccccc3)C(=S)N(c3ccccc3)C2=O)ccc1OCc1cccc(F)c1. The van der Waals surface area contributed by atoms with Gasteiger partial charge in [-0.25, -0.2) is 4.39 Å². The van der Waals surface area contributed by atoms with Gasteiger partial charge < -0.3 is 9.47 Å². The third kappa shape index (κ3) is 5.42. The Balaban J connectivity index is 1.50. The predicted octanol–water partition coefficient (Wildman–Crippen LogP) is 6.16. The highest BCUT2D eigenvalue weighted by molar-refractivity contribution is 7.81. The van der Waals surface area contributed by atoms with Crippen molar-refractivity contribution in [2.75, 3.05) is 16.9 Å². The van der Waals surface area contributed by atoms with E-state index in [0.717, 1.165) is 0 Å². The maximum Gasteiger partial charge on any atom is 0.270 e. The van der Waals surface area contributed by atoms with Gasteiger partial charge in [0.1, 0.15) is 18.0 Å². The zero-order valence-corrected chi connectivity index (χ0v) is 21.7. The van der Waals surface area contributed by atoms with Crippen molar-refractivity contribution < 1.29 is 23.5 Å². The van der Waals surface area contributed by atoms with Gasteiger partial charge >= 0.3 is 0 Å². The van der Waals surface area contributed by atoms with Gasteiger partial charge in [-0.1, -0.05) is 54.6 Å². The summed E-state index contributed by atoms with van der Waals surface area (Å²) in [6, 6.07) is 29.1. The molecule has 4 aromatic carbocycles. The van der Waals surface area contributed by atoms with Gasteiger partial charge in [0.2, 0.25) is 0 Å². The number of amides is 2. The van der Waals surface area contributed by atoms with Crippen molar-refractivity contribution >= 4 is 46.6 Å². The molecule has 2 amide bonds. The van der Waals surface area contributed by atoms with Crippen LogP contribution >= 0.6 is 12.2 Å². The molecular formula is C31H23FN2O4S. The Morgan fingerprint density at radius 1 is 0.769 bits per heavy atom. The molecule has 0 N–H and O–H groups in total. The second kappa shape index (κ2) is 11.3. The Kier molecular flexibility index (Phi) is 7.47. The van der Waals surface area contributed by atoms with Crippen LogP contribution in [-0.2, 0) is 16.2 Å². The summed E-state index contributed by atoms with van der Waals surface area (Å²) < 4.78 is 24.9.